The first-order chi connectivity index (χ1) is 12.0. The van der Waals surface area contributed by atoms with Gasteiger partial charge >= 0.3 is 5.97 Å². The van der Waals surface area contributed by atoms with Crippen LogP contribution < -0.4 is 15.8 Å². The van der Waals surface area contributed by atoms with E-state index in [4.69, 9.17) is 15.6 Å². The van der Waals surface area contributed by atoms with Crippen LogP contribution in [0.25, 0.3) is 0 Å². The number of amides is 2. The Labute approximate surface area is 144 Å². The number of carboxylic acids is 1. The molecule has 0 atom stereocenters. The molecule has 0 heterocycles. The second-order valence-corrected chi connectivity index (χ2v) is 5.26. The third-order valence-electron chi connectivity index (χ3n) is 3.36. The fourth-order valence-electron chi connectivity index (χ4n) is 2.14. The molecule has 0 aromatic heterocycles. The maximum absolute atomic E-state index is 11.9. The van der Waals surface area contributed by atoms with Crippen LogP contribution in [-0.4, -0.2) is 22.9 Å². The molecule has 4 N–H and O–H groups in total. The molecular weight excluding hydrogens is 324 g/mol. The van der Waals surface area contributed by atoms with Crippen LogP contribution in [0.2, 0.25) is 0 Å². The van der Waals surface area contributed by atoms with Crippen molar-refractivity contribution in [3.63, 3.8) is 0 Å². The van der Waals surface area contributed by atoms with Gasteiger partial charge in [0.05, 0.1) is 17.7 Å². The van der Waals surface area contributed by atoms with Crippen LogP contribution in [-0.2, 0) is 16.2 Å². The van der Waals surface area contributed by atoms with Crippen molar-refractivity contribution >= 4 is 23.5 Å². The predicted molar refractivity (Wildman–Crippen MR) is 91.2 cm³/mol. The van der Waals surface area contributed by atoms with E-state index in [0.717, 1.165) is 5.56 Å². The number of carbonyl (C=O) groups is 3. The highest BCUT2D eigenvalue weighted by Gasteiger charge is 2.17. The average molecular weight is 342 g/mol. The summed E-state index contributed by atoms with van der Waals surface area (Å²) >= 11 is 0. The Balaban J connectivity index is 2.20. The SMILES string of the molecule is NC(=O)c1cccc(OCc2ccccc2)c1NC(=O)CCC(=O)O. The Morgan fingerprint density at radius 2 is 1.72 bits per heavy atom. The zero-order chi connectivity index (χ0) is 18.2. The molecule has 25 heavy (non-hydrogen) atoms. The van der Waals surface area contributed by atoms with Gasteiger partial charge in [-0.1, -0.05) is 36.4 Å². The van der Waals surface area contributed by atoms with Gasteiger partial charge in [0.1, 0.15) is 12.4 Å². The summed E-state index contributed by atoms with van der Waals surface area (Å²) in [6.45, 7) is 0.237. The molecule has 0 aliphatic heterocycles. The molecular formula is C18H18N2O5. The van der Waals surface area contributed by atoms with E-state index in [1.165, 1.54) is 6.07 Å². The molecule has 0 fully saturated rings. The minimum atomic E-state index is -1.08. The minimum absolute atomic E-state index is 0.0919. The van der Waals surface area contributed by atoms with Crippen LogP contribution >= 0.6 is 0 Å². The fraction of sp³-hybridized carbons (Fsp3) is 0.167. The van der Waals surface area contributed by atoms with Gasteiger partial charge in [-0.3, -0.25) is 14.4 Å². The van der Waals surface area contributed by atoms with Crippen LogP contribution in [0.1, 0.15) is 28.8 Å². The molecule has 0 aliphatic rings. The molecule has 0 aliphatic carbocycles. The first kappa shape index (κ1) is 18.0. The van der Waals surface area contributed by atoms with E-state index in [0.29, 0.717) is 0 Å². The standard InChI is InChI=1S/C18H18N2O5/c19-18(24)13-7-4-8-14(25-11-12-5-2-1-3-6-12)17(13)20-15(21)9-10-16(22)23/h1-8H,9-11H2,(H2,19,24)(H,20,21)(H,22,23). The van der Waals surface area contributed by atoms with Gasteiger partial charge in [0.15, 0.2) is 0 Å². The summed E-state index contributed by atoms with van der Waals surface area (Å²) in [6, 6.07) is 14.0. The zero-order valence-corrected chi connectivity index (χ0v) is 13.4. The summed E-state index contributed by atoms with van der Waals surface area (Å²) in [7, 11) is 0. The molecule has 2 aromatic carbocycles. The summed E-state index contributed by atoms with van der Waals surface area (Å²) in [4.78, 5) is 34.1. The summed E-state index contributed by atoms with van der Waals surface area (Å²) in [6.07, 6.45) is -0.536. The molecule has 2 aromatic rings. The van der Waals surface area contributed by atoms with Gasteiger partial charge in [-0.15, -0.1) is 0 Å². The van der Waals surface area contributed by atoms with E-state index in [-0.39, 0.29) is 36.4 Å². The number of nitrogens with one attached hydrogen (secondary N) is 1. The number of para-hydroxylation sites is 1. The lowest BCUT2D eigenvalue weighted by atomic mass is 10.1. The van der Waals surface area contributed by atoms with Gasteiger partial charge < -0.3 is 20.9 Å². The molecule has 7 heteroatoms. The number of ether oxygens (including phenoxy) is 1. The lowest BCUT2D eigenvalue weighted by Gasteiger charge is -2.15. The van der Waals surface area contributed by atoms with Crippen LogP contribution in [0.15, 0.2) is 48.5 Å². The number of carbonyl (C=O) groups excluding carboxylic acids is 2. The first-order valence-electron chi connectivity index (χ1n) is 7.58. The fourth-order valence-corrected chi connectivity index (χ4v) is 2.14. The average Bonchev–Trinajstić information content (AvgIpc) is 2.59. The number of rotatable bonds is 8. The second-order valence-electron chi connectivity index (χ2n) is 5.26. The highest BCUT2D eigenvalue weighted by atomic mass is 16.5. The molecule has 0 unspecified atom stereocenters. The molecule has 0 saturated carbocycles. The first-order valence-corrected chi connectivity index (χ1v) is 7.58. The van der Waals surface area contributed by atoms with Crippen molar-refractivity contribution in [3.8, 4) is 5.75 Å². The van der Waals surface area contributed by atoms with Gasteiger partial charge in [0, 0.05) is 6.42 Å². The summed E-state index contributed by atoms with van der Waals surface area (Å²) in [5, 5.41) is 11.2. The molecule has 2 amide bonds. The van der Waals surface area contributed by atoms with Crippen LogP contribution in [0, 0.1) is 0 Å². The second kappa shape index (κ2) is 8.49. The number of benzene rings is 2. The van der Waals surface area contributed by atoms with Crippen molar-refractivity contribution in [1.82, 2.24) is 0 Å². The third-order valence-corrected chi connectivity index (χ3v) is 3.36. The highest BCUT2D eigenvalue weighted by molar-refractivity contribution is 6.05. The molecule has 0 saturated heterocycles. The monoisotopic (exact) mass is 342 g/mol. The molecule has 7 nitrogen and oxygen atoms in total. The normalized spacial score (nSPS) is 10.1. The Kier molecular flexibility index (Phi) is 6.11. The number of hydrogen-bond acceptors (Lipinski definition) is 4. The van der Waals surface area contributed by atoms with Gasteiger partial charge in [-0.05, 0) is 17.7 Å². The number of primary amides is 1. The number of hydrogen-bond donors (Lipinski definition) is 3. The van der Waals surface area contributed by atoms with Crippen molar-refractivity contribution in [2.45, 2.75) is 19.4 Å². The Bertz CT molecular complexity index is 774. The van der Waals surface area contributed by atoms with E-state index in [9.17, 15) is 14.4 Å². The van der Waals surface area contributed by atoms with E-state index in [1.807, 2.05) is 30.3 Å². The largest absolute Gasteiger partial charge is 0.487 e. The lowest BCUT2D eigenvalue weighted by molar-refractivity contribution is -0.138. The van der Waals surface area contributed by atoms with E-state index < -0.39 is 17.8 Å². The smallest absolute Gasteiger partial charge is 0.303 e. The minimum Gasteiger partial charge on any atom is -0.487 e. The van der Waals surface area contributed by atoms with Crippen LogP contribution in [0.3, 0.4) is 0 Å². The number of nitrogens with two attached hydrogens (primary N) is 1. The molecule has 0 bridgehead atoms. The summed E-state index contributed by atoms with van der Waals surface area (Å²) in [5.41, 5.74) is 6.49. The van der Waals surface area contributed by atoms with Crippen LogP contribution in [0.4, 0.5) is 5.69 Å². The summed E-state index contributed by atoms with van der Waals surface area (Å²) in [5.74, 6) is -2.07. The number of anilines is 1. The van der Waals surface area contributed by atoms with Crippen molar-refractivity contribution in [2.75, 3.05) is 5.32 Å². The van der Waals surface area contributed by atoms with Crippen molar-refractivity contribution in [3.05, 3.63) is 59.7 Å². The number of aliphatic carboxylic acids is 1. The maximum Gasteiger partial charge on any atom is 0.303 e. The molecule has 2 rings (SSSR count). The molecule has 130 valence electrons. The van der Waals surface area contributed by atoms with Crippen LogP contribution in [0.5, 0.6) is 5.75 Å². The Morgan fingerprint density at radius 1 is 1.00 bits per heavy atom. The van der Waals surface area contributed by atoms with Crippen molar-refractivity contribution in [1.29, 1.82) is 0 Å². The van der Waals surface area contributed by atoms with Gasteiger partial charge in [-0.2, -0.15) is 0 Å². The van der Waals surface area contributed by atoms with E-state index in [1.54, 1.807) is 12.1 Å². The summed E-state index contributed by atoms with van der Waals surface area (Å²) < 4.78 is 5.70. The Morgan fingerprint density at radius 3 is 2.36 bits per heavy atom. The van der Waals surface area contributed by atoms with Gasteiger partial charge in [-0.25, -0.2) is 0 Å². The van der Waals surface area contributed by atoms with Gasteiger partial charge in [0.2, 0.25) is 5.91 Å². The lowest BCUT2D eigenvalue weighted by Crippen LogP contribution is -2.19. The molecule has 0 radical (unpaired) electrons. The van der Waals surface area contributed by atoms with Crippen molar-refractivity contribution in [2.24, 2.45) is 5.73 Å². The maximum atomic E-state index is 11.9. The van der Waals surface area contributed by atoms with Gasteiger partial charge in [0.25, 0.3) is 5.91 Å². The molecule has 0 spiro atoms. The topological polar surface area (TPSA) is 119 Å². The number of carboxylic acid groups (broad SMARTS) is 1. The quantitative estimate of drug-likeness (QED) is 0.679. The Hall–Kier alpha value is -3.35. The zero-order valence-electron chi connectivity index (χ0n) is 13.4. The van der Waals surface area contributed by atoms with E-state index >= 15 is 0 Å². The third kappa shape index (κ3) is 5.35. The van der Waals surface area contributed by atoms with E-state index in [2.05, 4.69) is 5.32 Å². The van der Waals surface area contributed by atoms with Crippen molar-refractivity contribution < 1.29 is 24.2 Å². The predicted octanol–water partition coefficient (Wildman–Crippen LogP) is 2.17. The highest BCUT2D eigenvalue weighted by Crippen LogP contribution is 2.29.